The van der Waals surface area contributed by atoms with Gasteiger partial charge in [-0.05, 0) is 54.8 Å². The third kappa shape index (κ3) is 4.45. The number of amides is 2. The number of benzene rings is 2. The van der Waals surface area contributed by atoms with Crippen molar-refractivity contribution >= 4 is 34.8 Å². The number of carboxylic acids is 1. The van der Waals surface area contributed by atoms with Gasteiger partial charge in [-0.3, -0.25) is 14.4 Å². The maximum absolute atomic E-state index is 12.6. The minimum Gasteiger partial charge on any atom is -0.481 e. The van der Waals surface area contributed by atoms with Crippen LogP contribution in [0.5, 0.6) is 0 Å². The second-order valence-electron chi connectivity index (χ2n) is 7.87. The minimum absolute atomic E-state index is 0.0547. The number of hydrogen-bond donors (Lipinski definition) is 2. The molecule has 2 N–H and O–H groups in total. The van der Waals surface area contributed by atoms with Gasteiger partial charge in [-0.2, -0.15) is 0 Å². The molecule has 0 saturated carbocycles. The molecule has 4 rings (SSSR count). The summed E-state index contributed by atoms with van der Waals surface area (Å²) in [6, 6.07) is 14.7. The topological polar surface area (TPSA) is 89.9 Å². The summed E-state index contributed by atoms with van der Waals surface area (Å²) in [6.45, 7) is 2.49. The Hall–Kier alpha value is -3.35. The summed E-state index contributed by atoms with van der Waals surface area (Å²) < 4.78 is 0. The molecule has 2 fully saturated rings. The molecular weight excluding hydrogens is 382 g/mol. The van der Waals surface area contributed by atoms with Gasteiger partial charge in [-0.15, -0.1) is 0 Å². The fourth-order valence-electron chi connectivity index (χ4n) is 4.08. The third-order valence-corrected chi connectivity index (χ3v) is 5.71. The number of rotatable bonds is 6. The first kappa shape index (κ1) is 19.9. The molecule has 30 heavy (non-hydrogen) atoms. The van der Waals surface area contributed by atoms with Crippen LogP contribution < -0.4 is 15.1 Å². The highest BCUT2D eigenvalue weighted by atomic mass is 16.4. The van der Waals surface area contributed by atoms with Crippen molar-refractivity contribution in [1.29, 1.82) is 0 Å². The van der Waals surface area contributed by atoms with Crippen molar-refractivity contribution in [3.63, 3.8) is 0 Å². The maximum atomic E-state index is 12.6. The standard InChI is InChI=1S/C23H25N3O4/c27-21-14-17(23(30)24-18-5-3-16(4-6-18)13-22(28)29)15-26(21)20-9-7-19(8-10-20)25-11-1-2-12-25/h3-10,17H,1-2,11-15H2,(H,24,30)(H,28,29). The first-order valence-electron chi connectivity index (χ1n) is 10.3. The summed E-state index contributed by atoms with van der Waals surface area (Å²) in [6.07, 6.45) is 2.55. The van der Waals surface area contributed by atoms with E-state index in [2.05, 4.69) is 10.2 Å². The van der Waals surface area contributed by atoms with Gasteiger partial charge in [0.15, 0.2) is 0 Å². The van der Waals surface area contributed by atoms with Crippen LogP contribution in [-0.4, -0.2) is 42.5 Å². The number of aliphatic carboxylic acids is 1. The highest BCUT2D eigenvalue weighted by molar-refractivity contribution is 6.03. The van der Waals surface area contributed by atoms with Crippen molar-refractivity contribution < 1.29 is 19.5 Å². The zero-order chi connectivity index (χ0) is 21.1. The molecule has 0 aromatic heterocycles. The van der Waals surface area contributed by atoms with E-state index in [1.807, 2.05) is 24.3 Å². The van der Waals surface area contributed by atoms with Crippen LogP contribution in [-0.2, 0) is 20.8 Å². The van der Waals surface area contributed by atoms with Gasteiger partial charge in [0.2, 0.25) is 11.8 Å². The molecule has 7 heteroatoms. The number of anilines is 3. The normalized spacial score (nSPS) is 18.7. The van der Waals surface area contributed by atoms with E-state index in [0.717, 1.165) is 18.8 Å². The maximum Gasteiger partial charge on any atom is 0.307 e. The van der Waals surface area contributed by atoms with E-state index in [9.17, 15) is 14.4 Å². The molecule has 0 aliphatic carbocycles. The van der Waals surface area contributed by atoms with Crippen molar-refractivity contribution in [2.75, 3.05) is 34.8 Å². The first-order valence-corrected chi connectivity index (χ1v) is 10.3. The highest BCUT2D eigenvalue weighted by Crippen LogP contribution is 2.29. The molecule has 2 saturated heterocycles. The van der Waals surface area contributed by atoms with Gasteiger partial charge in [-0.1, -0.05) is 12.1 Å². The van der Waals surface area contributed by atoms with E-state index in [1.165, 1.54) is 18.5 Å². The average Bonchev–Trinajstić information content (AvgIpc) is 3.39. The summed E-state index contributed by atoms with van der Waals surface area (Å²) >= 11 is 0. The van der Waals surface area contributed by atoms with E-state index >= 15 is 0 Å². The van der Waals surface area contributed by atoms with Crippen LogP contribution in [0.1, 0.15) is 24.8 Å². The fourth-order valence-corrected chi connectivity index (χ4v) is 4.08. The highest BCUT2D eigenvalue weighted by Gasteiger charge is 2.35. The van der Waals surface area contributed by atoms with Crippen LogP contribution in [0.2, 0.25) is 0 Å². The molecule has 156 valence electrons. The number of carbonyl (C=O) groups excluding carboxylic acids is 2. The Balaban J connectivity index is 1.36. The summed E-state index contributed by atoms with van der Waals surface area (Å²) in [5, 5.41) is 11.7. The van der Waals surface area contributed by atoms with Gasteiger partial charge in [0.05, 0.1) is 12.3 Å². The molecule has 0 spiro atoms. The van der Waals surface area contributed by atoms with E-state index < -0.39 is 11.9 Å². The van der Waals surface area contributed by atoms with Crippen LogP contribution in [0.15, 0.2) is 48.5 Å². The van der Waals surface area contributed by atoms with Gasteiger partial charge in [0.25, 0.3) is 0 Å². The molecule has 2 amide bonds. The third-order valence-electron chi connectivity index (χ3n) is 5.71. The summed E-state index contributed by atoms with van der Waals surface area (Å²) in [5.41, 5.74) is 3.25. The molecule has 2 aliphatic heterocycles. The lowest BCUT2D eigenvalue weighted by atomic mass is 10.1. The zero-order valence-electron chi connectivity index (χ0n) is 16.7. The molecule has 2 aromatic carbocycles. The lowest BCUT2D eigenvalue weighted by molar-refractivity contribution is -0.136. The lowest BCUT2D eigenvalue weighted by Crippen LogP contribution is -2.28. The molecule has 0 bridgehead atoms. The first-order chi connectivity index (χ1) is 14.5. The molecule has 2 aliphatic rings. The Bertz CT molecular complexity index is 934. The van der Waals surface area contributed by atoms with E-state index in [1.54, 1.807) is 29.2 Å². The van der Waals surface area contributed by atoms with Crippen molar-refractivity contribution in [3.8, 4) is 0 Å². The summed E-state index contributed by atoms with van der Waals surface area (Å²) in [4.78, 5) is 39.9. The molecule has 1 atom stereocenters. The van der Waals surface area contributed by atoms with E-state index in [0.29, 0.717) is 17.8 Å². The van der Waals surface area contributed by atoms with Crippen molar-refractivity contribution in [1.82, 2.24) is 0 Å². The Morgan fingerprint density at radius 3 is 2.23 bits per heavy atom. The number of carbonyl (C=O) groups is 3. The number of nitrogens with zero attached hydrogens (tertiary/aromatic N) is 2. The molecule has 2 heterocycles. The van der Waals surface area contributed by atoms with Gasteiger partial charge in [0, 0.05) is 43.1 Å². The van der Waals surface area contributed by atoms with Crippen molar-refractivity contribution in [2.45, 2.75) is 25.7 Å². The van der Waals surface area contributed by atoms with E-state index in [4.69, 9.17) is 5.11 Å². The smallest absolute Gasteiger partial charge is 0.307 e. The minimum atomic E-state index is -0.898. The van der Waals surface area contributed by atoms with Gasteiger partial charge in [0.1, 0.15) is 0 Å². The Labute approximate surface area is 175 Å². The number of carboxylic acid groups (broad SMARTS) is 1. The summed E-state index contributed by atoms with van der Waals surface area (Å²) in [7, 11) is 0. The van der Waals surface area contributed by atoms with Crippen LogP contribution >= 0.6 is 0 Å². The molecule has 0 radical (unpaired) electrons. The molecule has 2 aromatic rings. The van der Waals surface area contributed by atoms with Crippen LogP contribution in [0, 0.1) is 5.92 Å². The largest absolute Gasteiger partial charge is 0.481 e. The van der Waals surface area contributed by atoms with Crippen LogP contribution in [0.3, 0.4) is 0 Å². The zero-order valence-corrected chi connectivity index (χ0v) is 16.7. The molecular formula is C23H25N3O4. The van der Waals surface area contributed by atoms with Crippen molar-refractivity contribution in [3.05, 3.63) is 54.1 Å². The lowest BCUT2D eigenvalue weighted by Gasteiger charge is -2.20. The predicted octanol–water partition coefficient (Wildman–Crippen LogP) is 2.91. The van der Waals surface area contributed by atoms with Crippen LogP contribution in [0.4, 0.5) is 17.1 Å². The Morgan fingerprint density at radius 1 is 0.967 bits per heavy atom. The summed E-state index contributed by atoms with van der Waals surface area (Å²) in [5.74, 6) is -1.58. The SMILES string of the molecule is O=C(O)Cc1ccc(NC(=O)C2CC(=O)N(c3ccc(N4CCCC4)cc3)C2)cc1. The van der Waals surface area contributed by atoms with E-state index in [-0.39, 0.29) is 24.7 Å². The quantitative estimate of drug-likeness (QED) is 0.769. The molecule has 7 nitrogen and oxygen atoms in total. The van der Waals surface area contributed by atoms with Gasteiger partial charge in [-0.25, -0.2) is 0 Å². The Morgan fingerprint density at radius 2 is 1.60 bits per heavy atom. The number of hydrogen-bond acceptors (Lipinski definition) is 4. The number of nitrogens with one attached hydrogen (secondary N) is 1. The van der Waals surface area contributed by atoms with Gasteiger partial charge < -0.3 is 20.2 Å². The Kier molecular flexibility index (Phi) is 5.70. The predicted molar refractivity (Wildman–Crippen MR) is 115 cm³/mol. The van der Waals surface area contributed by atoms with Crippen molar-refractivity contribution in [2.24, 2.45) is 5.92 Å². The van der Waals surface area contributed by atoms with Crippen LogP contribution in [0.25, 0.3) is 0 Å². The van der Waals surface area contributed by atoms with Gasteiger partial charge >= 0.3 is 5.97 Å². The second kappa shape index (κ2) is 8.57. The monoisotopic (exact) mass is 407 g/mol. The molecule has 1 unspecified atom stereocenters. The average molecular weight is 407 g/mol. The second-order valence-corrected chi connectivity index (χ2v) is 7.87. The fraction of sp³-hybridized carbons (Fsp3) is 0.348.